The number of carbonyl (C=O) groups excluding carboxylic acids is 3. The van der Waals surface area contributed by atoms with Crippen LogP contribution in [0, 0.1) is 0 Å². The Morgan fingerprint density at radius 3 is 2.55 bits per heavy atom. The normalized spacial score (nSPS) is 22.9. The van der Waals surface area contributed by atoms with Crippen molar-refractivity contribution in [1.82, 2.24) is 40.1 Å². The Balaban J connectivity index is 1.08. The van der Waals surface area contributed by atoms with Crippen LogP contribution >= 0.6 is 0 Å². The van der Waals surface area contributed by atoms with Crippen molar-refractivity contribution in [3.8, 4) is 5.75 Å². The van der Waals surface area contributed by atoms with Crippen LogP contribution in [0.4, 0.5) is 16.6 Å². The summed E-state index contributed by atoms with van der Waals surface area (Å²) in [7, 11) is 0. The quantitative estimate of drug-likeness (QED) is 0.154. The summed E-state index contributed by atoms with van der Waals surface area (Å²) in [6.07, 6.45) is 8.82. The Kier molecular flexibility index (Phi) is 10.8. The Labute approximate surface area is 320 Å². The van der Waals surface area contributed by atoms with Gasteiger partial charge < -0.3 is 25.0 Å². The minimum atomic E-state index is -1.51. The molecule has 3 amide bonds. The molecule has 0 unspecified atom stereocenters. The van der Waals surface area contributed by atoms with Gasteiger partial charge in [-0.05, 0) is 63.0 Å². The average molecular weight is 751 g/mol. The van der Waals surface area contributed by atoms with Gasteiger partial charge in [0.25, 0.3) is 5.91 Å². The lowest BCUT2D eigenvalue weighted by Gasteiger charge is -2.39. The van der Waals surface area contributed by atoms with Crippen molar-refractivity contribution in [3.63, 3.8) is 0 Å². The average Bonchev–Trinajstić information content (AvgIpc) is 3.58. The van der Waals surface area contributed by atoms with Gasteiger partial charge in [0.1, 0.15) is 23.2 Å². The molecule has 0 spiro atoms. The fraction of sp³-hybridized carbons (Fsp3) is 0.475. The third kappa shape index (κ3) is 8.17. The van der Waals surface area contributed by atoms with Crippen LogP contribution < -0.4 is 25.6 Å². The number of nitrogens with zero attached hydrogens (tertiary/aromatic N) is 7. The first-order valence-electron chi connectivity index (χ1n) is 19.1. The fourth-order valence-electron chi connectivity index (χ4n) is 7.53. The number of ether oxygens (including phenoxy) is 2. The molecule has 0 bridgehead atoms. The molecule has 1 aromatic carbocycles. The number of urea groups is 1. The first kappa shape index (κ1) is 37.9. The standard InChI is InChI=1S/C40H50N10O5/c1-26-9-8-10-27(2)50(26)38-47-46-34-14-13-28(24-49(34)38)55-31-15-16-40(25-51,30-12-7-6-11-29(30)31)45-37(53)44-33-23-32(39(3,4)5)42-35(43-33)36(52)41-17-18-48-19-21-54-22-20-48/h6-7,11-16,23-27,31H,8-10,17-22H2,1-5H3,(H,41,52)(H2,42,43,44,45,53)/t26-,27+,31-,40-/m1/s1. The maximum atomic E-state index is 13.7. The van der Waals surface area contributed by atoms with Crippen molar-refractivity contribution >= 4 is 35.6 Å². The number of piperidine rings is 1. The molecule has 15 heteroatoms. The monoisotopic (exact) mass is 750 g/mol. The molecule has 3 aromatic heterocycles. The van der Waals surface area contributed by atoms with Crippen LogP contribution in [0.3, 0.4) is 0 Å². The van der Waals surface area contributed by atoms with Gasteiger partial charge in [0.15, 0.2) is 11.9 Å². The molecule has 4 atom stereocenters. The zero-order valence-electron chi connectivity index (χ0n) is 32.1. The van der Waals surface area contributed by atoms with E-state index in [0.717, 1.165) is 37.5 Å². The third-order valence-corrected chi connectivity index (χ3v) is 10.6. The maximum Gasteiger partial charge on any atom is 0.321 e. The van der Waals surface area contributed by atoms with Crippen molar-refractivity contribution in [1.29, 1.82) is 0 Å². The zero-order chi connectivity index (χ0) is 38.7. The summed E-state index contributed by atoms with van der Waals surface area (Å²) in [5.41, 5.74) is 0.610. The summed E-state index contributed by atoms with van der Waals surface area (Å²) >= 11 is 0. The number of hydrogen-bond donors (Lipinski definition) is 3. The highest BCUT2D eigenvalue weighted by atomic mass is 16.5. The van der Waals surface area contributed by atoms with Crippen LogP contribution in [0.1, 0.15) is 87.4 Å². The fourth-order valence-corrected chi connectivity index (χ4v) is 7.53. The van der Waals surface area contributed by atoms with Gasteiger partial charge in [0, 0.05) is 55.3 Å². The van der Waals surface area contributed by atoms with Gasteiger partial charge in [0.2, 0.25) is 11.8 Å². The summed E-state index contributed by atoms with van der Waals surface area (Å²) in [5.74, 6) is 0.999. The first-order valence-corrected chi connectivity index (χ1v) is 19.1. The number of morpholine rings is 1. The molecular formula is C40H50N10O5. The molecule has 55 heavy (non-hydrogen) atoms. The van der Waals surface area contributed by atoms with Crippen molar-refractivity contribution in [2.45, 2.75) is 83.0 Å². The van der Waals surface area contributed by atoms with E-state index in [1.807, 2.05) is 61.7 Å². The van der Waals surface area contributed by atoms with E-state index < -0.39 is 29.0 Å². The second kappa shape index (κ2) is 15.7. The molecule has 4 aromatic rings. The number of amides is 3. The zero-order valence-corrected chi connectivity index (χ0v) is 32.1. The van der Waals surface area contributed by atoms with Gasteiger partial charge in [-0.1, -0.05) is 45.0 Å². The molecule has 2 aliphatic heterocycles. The van der Waals surface area contributed by atoms with Gasteiger partial charge in [0.05, 0.1) is 25.1 Å². The van der Waals surface area contributed by atoms with Crippen molar-refractivity contribution < 1.29 is 23.9 Å². The number of aromatic nitrogens is 5. The molecule has 5 heterocycles. The number of hydrogen-bond acceptors (Lipinski definition) is 11. The number of benzene rings is 1. The van der Waals surface area contributed by atoms with Crippen LogP contribution in [0.15, 0.2) is 60.8 Å². The molecule has 0 radical (unpaired) electrons. The van der Waals surface area contributed by atoms with Crippen molar-refractivity contribution in [3.05, 3.63) is 83.5 Å². The molecule has 15 nitrogen and oxygen atoms in total. The Morgan fingerprint density at radius 1 is 1.04 bits per heavy atom. The predicted octanol–water partition coefficient (Wildman–Crippen LogP) is 4.55. The van der Waals surface area contributed by atoms with Crippen molar-refractivity contribution in [2.75, 3.05) is 49.6 Å². The lowest BCUT2D eigenvalue weighted by atomic mass is 9.81. The lowest BCUT2D eigenvalue weighted by molar-refractivity contribution is -0.111. The van der Waals surface area contributed by atoms with Crippen LogP contribution in [-0.4, -0.2) is 99.2 Å². The van der Waals surface area contributed by atoms with Crippen molar-refractivity contribution in [2.24, 2.45) is 0 Å². The summed E-state index contributed by atoms with van der Waals surface area (Å²) in [5, 5.41) is 17.5. The van der Waals surface area contributed by atoms with Gasteiger partial charge in [-0.15, -0.1) is 10.2 Å². The van der Waals surface area contributed by atoms with Gasteiger partial charge in [-0.3, -0.25) is 24.2 Å². The molecule has 3 N–H and O–H groups in total. The summed E-state index contributed by atoms with van der Waals surface area (Å²) < 4.78 is 13.9. The second-order valence-corrected chi connectivity index (χ2v) is 15.6. The minimum Gasteiger partial charge on any atom is -0.480 e. The van der Waals surface area contributed by atoms with E-state index in [4.69, 9.17) is 9.47 Å². The highest BCUT2D eigenvalue weighted by Crippen LogP contribution is 2.38. The Bertz CT molecular complexity index is 2060. The molecule has 2 saturated heterocycles. The van der Waals surface area contributed by atoms with Gasteiger partial charge in [-0.25, -0.2) is 14.8 Å². The van der Waals surface area contributed by atoms with E-state index in [2.05, 4.69) is 59.8 Å². The third-order valence-electron chi connectivity index (χ3n) is 10.6. The van der Waals surface area contributed by atoms with Crippen LogP contribution in [0.25, 0.3) is 5.65 Å². The van der Waals surface area contributed by atoms with E-state index in [-0.39, 0.29) is 11.6 Å². The number of anilines is 2. The Hall–Kier alpha value is -5.41. The molecule has 0 saturated carbocycles. The number of fused-ring (bicyclic) bond motifs is 2. The van der Waals surface area contributed by atoms with Gasteiger partial charge in [-0.2, -0.15) is 0 Å². The highest BCUT2D eigenvalue weighted by Gasteiger charge is 2.39. The maximum absolute atomic E-state index is 13.7. The number of rotatable bonds is 10. The van der Waals surface area contributed by atoms with E-state index in [0.29, 0.717) is 67.2 Å². The van der Waals surface area contributed by atoms with Crippen LogP contribution in [0.2, 0.25) is 0 Å². The molecular weight excluding hydrogens is 701 g/mol. The highest BCUT2D eigenvalue weighted by molar-refractivity contribution is 5.94. The van der Waals surface area contributed by atoms with Crippen LogP contribution in [-0.2, 0) is 20.5 Å². The van der Waals surface area contributed by atoms with E-state index in [9.17, 15) is 14.4 Å². The molecule has 3 aliphatic rings. The molecule has 290 valence electrons. The number of aldehydes is 1. The second-order valence-electron chi connectivity index (χ2n) is 15.6. The minimum absolute atomic E-state index is 0.0607. The first-order chi connectivity index (χ1) is 26.4. The van der Waals surface area contributed by atoms with Crippen LogP contribution in [0.5, 0.6) is 5.75 Å². The number of carbonyl (C=O) groups is 3. The van der Waals surface area contributed by atoms with E-state index in [1.54, 1.807) is 24.3 Å². The smallest absolute Gasteiger partial charge is 0.321 e. The lowest BCUT2D eigenvalue weighted by Crippen LogP contribution is -2.49. The largest absolute Gasteiger partial charge is 0.480 e. The molecule has 1 aliphatic carbocycles. The van der Waals surface area contributed by atoms with E-state index in [1.165, 1.54) is 6.42 Å². The SMILES string of the molecule is C[C@@H]1CCC[C@H](C)N1c1nnc2ccc(O[C@@H]3C=C[C@](C=O)(NC(=O)Nc4cc(C(C)(C)C)nc(C(=O)NCCN5CCOCC5)n4)c4ccccc43)cn12. The van der Waals surface area contributed by atoms with Gasteiger partial charge >= 0.3 is 6.03 Å². The summed E-state index contributed by atoms with van der Waals surface area (Å²) in [6, 6.07) is 12.7. The molecule has 2 fully saturated rings. The number of nitrogens with one attached hydrogen (secondary N) is 3. The Morgan fingerprint density at radius 2 is 1.80 bits per heavy atom. The molecule has 7 rings (SSSR count). The topological polar surface area (TPSA) is 168 Å². The number of pyridine rings is 1. The predicted molar refractivity (Wildman–Crippen MR) is 207 cm³/mol. The van der Waals surface area contributed by atoms with E-state index >= 15 is 0 Å². The summed E-state index contributed by atoms with van der Waals surface area (Å²) in [6.45, 7) is 14.4. The summed E-state index contributed by atoms with van der Waals surface area (Å²) in [4.78, 5) is 53.3.